The van der Waals surface area contributed by atoms with Gasteiger partial charge in [0.15, 0.2) is 0 Å². The van der Waals surface area contributed by atoms with Crippen LogP contribution in [0.2, 0.25) is 0 Å². The van der Waals surface area contributed by atoms with E-state index in [2.05, 4.69) is 42.3 Å². The zero-order valence-corrected chi connectivity index (χ0v) is 9.65. The molecule has 0 amide bonds. The molecule has 2 N–H and O–H groups in total. The van der Waals surface area contributed by atoms with Gasteiger partial charge in [-0.15, -0.1) is 0 Å². The molecule has 2 aromatic rings. The molecule has 0 fully saturated rings. The second-order valence-electron chi connectivity index (χ2n) is 4.13. The van der Waals surface area contributed by atoms with Crippen molar-refractivity contribution in [3.8, 4) is 0 Å². The predicted molar refractivity (Wildman–Crippen MR) is 65.4 cm³/mol. The van der Waals surface area contributed by atoms with Crippen molar-refractivity contribution < 1.29 is 0 Å². The van der Waals surface area contributed by atoms with Gasteiger partial charge in [-0.1, -0.05) is 11.6 Å². The molecular weight excluding hydrogens is 184 g/mol. The van der Waals surface area contributed by atoms with E-state index in [1.54, 1.807) is 0 Å². The van der Waals surface area contributed by atoms with Crippen molar-refractivity contribution in [3.63, 3.8) is 0 Å². The molecule has 2 nitrogen and oxygen atoms in total. The SMILES string of the molecule is CNCCc1c(C)[nH]c2ccc(C)cc12. The fraction of sp³-hybridized carbons (Fsp3) is 0.385. The Balaban J connectivity index is 2.50. The highest BCUT2D eigenvalue weighted by Gasteiger charge is 2.07. The van der Waals surface area contributed by atoms with Gasteiger partial charge >= 0.3 is 0 Å². The van der Waals surface area contributed by atoms with Crippen LogP contribution in [0.4, 0.5) is 0 Å². The largest absolute Gasteiger partial charge is 0.358 e. The Hall–Kier alpha value is -1.28. The number of benzene rings is 1. The molecule has 1 aromatic heterocycles. The van der Waals surface area contributed by atoms with Crippen LogP contribution in [-0.2, 0) is 6.42 Å². The lowest BCUT2D eigenvalue weighted by atomic mass is 10.1. The fourth-order valence-corrected chi connectivity index (χ4v) is 2.07. The van der Waals surface area contributed by atoms with Crippen LogP contribution in [0.5, 0.6) is 0 Å². The van der Waals surface area contributed by atoms with Gasteiger partial charge in [0.25, 0.3) is 0 Å². The molecule has 1 aromatic carbocycles. The summed E-state index contributed by atoms with van der Waals surface area (Å²) in [6.07, 6.45) is 1.09. The Morgan fingerprint density at radius 1 is 1.27 bits per heavy atom. The first-order chi connectivity index (χ1) is 7.22. The zero-order valence-electron chi connectivity index (χ0n) is 9.65. The summed E-state index contributed by atoms with van der Waals surface area (Å²) in [4.78, 5) is 3.44. The van der Waals surface area contributed by atoms with Gasteiger partial charge in [-0.05, 0) is 51.6 Å². The third-order valence-electron chi connectivity index (χ3n) is 2.90. The molecule has 0 radical (unpaired) electrons. The highest BCUT2D eigenvalue weighted by Crippen LogP contribution is 2.23. The first-order valence-corrected chi connectivity index (χ1v) is 5.45. The van der Waals surface area contributed by atoms with Gasteiger partial charge < -0.3 is 10.3 Å². The second kappa shape index (κ2) is 4.07. The van der Waals surface area contributed by atoms with E-state index >= 15 is 0 Å². The van der Waals surface area contributed by atoms with Gasteiger partial charge in [-0.3, -0.25) is 0 Å². The van der Waals surface area contributed by atoms with Crippen molar-refractivity contribution in [2.75, 3.05) is 13.6 Å². The van der Waals surface area contributed by atoms with Crippen LogP contribution in [0, 0.1) is 13.8 Å². The van der Waals surface area contributed by atoms with Gasteiger partial charge in [-0.25, -0.2) is 0 Å². The van der Waals surface area contributed by atoms with Crippen LogP contribution >= 0.6 is 0 Å². The van der Waals surface area contributed by atoms with Gasteiger partial charge in [0, 0.05) is 16.6 Å². The van der Waals surface area contributed by atoms with Crippen molar-refractivity contribution in [1.29, 1.82) is 0 Å². The lowest BCUT2D eigenvalue weighted by Gasteiger charge is -2.01. The van der Waals surface area contributed by atoms with Crippen LogP contribution in [0.3, 0.4) is 0 Å². The average molecular weight is 202 g/mol. The number of fused-ring (bicyclic) bond motifs is 1. The summed E-state index contributed by atoms with van der Waals surface area (Å²) >= 11 is 0. The highest BCUT2D eigenvalue weighted by molar-refractivity contribution is 5.85. The lowest BCUT2D eigenvalue weighted by molar-refractivity contribution is 0.791. The van der Waals surface area contributed by atoms with Crippen molar-refractivity contribution in [1.82, 2.24) is 10.3 Å². The molecule has 0 aliphatic carbocycles. The molecule has 0 spiro atoms. The molecule has 0 aliphatic heterocycles. The number of hydrogen-bond donors (Lipinski definition) is 2. The van der Waals surface area contributed by atoms with Crippen LogP contribution in [0.1, 0.15) is 16.8 Å². The number of nitrogens with one attached hydrogen (secondary N) is 2. The van der Waals surface area contributed by atoms with E-state index < -0.39 is 0 Å². The molecular formula is C13H18N2. The van der Waals surface area contributed by atoms with Crippen LogP contribution < -0.4 is 5.32 Å². The maximum atomic E-state index is 3.44. The summed E-state index contributed by atoms with van der Waals surface area (Å²) in [6.45, 7) is 5.33. The second-order valence-corrected chi connectivity index (χ2v) is 4.13. The Kier molecular flexibility index (Phi) is 2.78. The van der Waals surface area contributed by atoms with E-state index in [9.17, 15) is 0 Å². The quantitative estimate of drug-likeness (QED) is 0.786. The third kappa shape index (κ3) is 1.90. The minimum absolute atomic E-state index is 1.03. The van der Waals surface area contributed by atoms with Crippen LogP contribution in [0.15, 0.2) is 18.2 Å². The van der Waals surface area contributed by atoms with Crippen molar-refractivity contribution in [2.24, 2.45) is 0 Å². The lowest BCUT2D eigenvalue weighted by Crippen LogP contribution is -2.10. The molecule has 0 atom stereocenters. The van der Waals surface area contributed by atoms with Crippen LogP contribution in [0.25, 0.3) is 10.9 Å². The Bertz CT molecular complexity index is 469. The standard InChI is InChI=1S/C13H18N2/c1-9-4-5-13-12(8-9)11(6-7-14-3)10(2)15-13/h4-5,8,14-15H,6-7H2,1-3H3. The Morgan fingerprint density at radius 3 is 2.80 bits per heavy atom. The topological polar surface area (TPSA) is 27.8 Å². The maximum Gasteiger partial charge on any atom is 0.0459 e. The predicted octanol–water partition coefficient (Wildman–Crippen LogP) is 2.55. The summed E-state index contributed by atoms with van der Waals surface area (Å²) in [5, 5.41) is 4.58. The normalized spacial score (nSPS) is 11.1. The summed E-state index contributed by atoms with van der Waals surface area (Å²) in [5.74, 6) is 0. The fourth-order valence-electron chi connectivity index (χ4n) is 2.07. The van der Waals surface area contributed by atoms with Gasteiger partial charge in [-0.2, -0.15) is 0 Å². The first kappa shape index (κ1) is 10.2. The van der Waals surface area contributed by atoms with Crippen molar-refractivity contribution >= 4 is 10.9 Å². The summed E-state index contributed by atoms with van der Waals surface area (Å²) in [6, 6.07) is 6.59. The number of H-pyrrole nitrogens is 1. The highest BCUT2D eigenvalue weighted by atomic mass is 14.8. The molecule has 0 bridgehead atoms. The molecule has 1 heterocycles. The van der Waals surface area contributed by atoms with Crippen molar-refractivity contribution in [2.45, 2.75) is 20.3 Å². The third-order valence-corrected chi connectivity index (χ3v) is 2.90. The van der Waals surface area contributed by atoms with Gasteiger partial charge in [0.1, 0.15) is 0 Å². The molecule has 0 saturated heterocycles. The number of rotatable bonds is 3. The average Bonchev–Trinajstić information content (AvgIpc) is 2.51. The van der Waals surface area contributed by atoms with E-state index in [0.29, 0.717) is 0 Å². The summed E-state index contributed by atoms with van der Waals surface area (Å²) in [7, 11) is 2.00. The number of aromatic nitrogens is 1. The minimum atomic E-state index is 1.03. The molecule has 0 unspecified atom stereocenters. The minimum Gasteiger partial charge on any atom is -0.358 e. The number of aryl methyl sites for hydroxylation is 2. The Morgan fingerprint density at radius 2 is 2.07 bits per heavy atom. The van der Waals surface area contributed by atoms with E-state index in [0.717, 1.165) is 13.0 Å². The summed E-state index contributed by atoms with van der Waals surface area (Å²) in [5.41, 5.74) is 5.32. The molecule has 15 heavy (non-hydrogen) atoms. The zero-order chi connectivity index (χ0) is 10.8. The molecule has 2 heteroatoms. The Labute approximate surface area is 90.7 Å². The van der Waals surface area contributed by atoms with Gasteiger partial charge in [0.2, 0.25) is 0 Å². The smallest absolute Gasteiger partial charge is 0.0459 e. The number of hydrogen-bond acceptors (Lipinski definition) is 1. The van der Waals surface area contributed by atoms with E-state index in [4.69, 9.17) is 0 Å². The monoisotopic (exact) mass is 202 g/mol. The first-order valence-electron chi connectivity index (χ1n) is 5.45. The van der Waals surface area contributed by atoms with Crippen molar-refractivity contribution in [3.05, 3.63) is 35.0 Å². The molecule has 80 valence electrons. The van der Waals surface area contributed by atoms with Crippen LogP contribution in [-0.4, -0.2) is 18.6 Å². The molecule has 2 rings (SSSR count). The molecule has 0 saturated carbocycles. The summed E-state index contributed by atoms with van der Waals surface area (Å²) < 4.78 is 0. The molecule has 0 aliphatic rings. The number of aromatic amines is 1. The number of likely N-dealkylation sites (N-methyl/N-ethyl adjacent to an activating group) is 1. The van der Waals surface area contributed by atoms with E-state index in [1.807, 2.05) is 7.05 Å². The van der Waals surface area contributed by atoms with E-state index in [-0.39, 0.29) is 0 Å². The van der Waals surface area contributed by atoms with Gasteiger partial charge in [0.05, 0.1) is 0 Å². The maximum absolute atomic E-state index is 3.44. The van der Waals surface area contributed by atoms with E-state index in [1.165, 1.54) is 27.7 Å².